The SMILES string of the molecule is Cc1ccc(C(N)=O)cc1NCCc1cccs1. The van der Waals surface area contributed by atoms with Crippen molar-refractivity contribution in [2.75, 3.05) is 11.9 Å². The molecule has 4 heteroatoms. The van der Waals surface area contributed by atoms with Crippen LogP contribution in [0, 0.1) is 6.92 Å². The van der Waals surface area contributed by atoms with Crippen LogP contribution in [0.4, 0.5) is 5.69 Å². The smallest absolute Gasteiger partial charge is 0.248 e. The lowest BCUT2D eigenvalue weighted by Crippen LogP contribution is -2.12. The van der Waals surface area contributed by atoms with Crippen LogP contribution in [-0.2, 0) is 6.42 Å². The summed E-state index contributed by atoms with van der Waals surface area (Å²) in [5.41, 5.74) is 7.91. The number of carbonyl (C=O) groups is 1. The second-order valence-corrected chi connectivity index (χ2v) is 5.18. The number of anilines is 1. The molecular weight excluding hydrogens is 244 g/mol. The van der Waals surface area contributed by atoms with Crippen LogP contribution in [0.25, 0.3) is 0 Å². The molecule has 94 valence electrons. The van der Waals surface area contributed by atoms with Gasteiger partial charge in [-0.2, -0.15) is 0 Å². The lowest BCUT2D eigenvalue weighted by Gasteiger charge is -2.10. The van der Waals surface area contributed by atoms with Crippen LogP contribution in [0.5, 0.6) is 0 Å². The molecule has 0 spiro atoms. The number of aryl methyl sites for hydroxylation is 1. The minimum atomic E-state index is -0.392. The zero-order valence-corrected chi connectivity index (χ0v) is 11.1. The molecule has 0 radical (unpaired) electrons. The van der Waals surface area contributed by atoms with E-state index in [1.807, 2.05) is 19.1 Å². The number of benzene rings is 1. The largest absolute Gasteiger partial charge is 0.384 e. The van der Waals surface area contributed by atoms with Crippen molar-refractivity contribution >= 4 is 22.9 Å². The van der Waals surface area contributed by atoms with E-state index in [0.29, 0.717) is 5.56 Å². The number of hydrogen-bond donors (Lipinski definition) is 2. The highest BCUT2D eigenvalue weighted by atomic mass is 32.1. The molecule has 0 saturated carbocycles. The van der Waals surface area contributed by atoms with E-state index >= 15 is 0 Å². The van der Waals surface area contributed by atoms with E-state index in [1.54, 1.807) is 17.4 Å². The van der Waals surface area contributed by atoms with E-state index in [4.69, 9.17) is 5.73 Å². The summed E-state index contributed by atoms with van der Waals surface area (Å²) in [7, 11) is 0. The lowest BCUT2D eigenvalue weighted by atomic mass is 10.1. The standard InChI is InChI=1S/C14H16N2OS/c1-10-4-5-11(14(15)17)9-13(10)16-7-6-12-3-2-8-18-12/h2-5,8-9,16H,6-7H2,1H3,(H2,15,17). The summed E-state index contributed by atoms with van der Waals surface area (Å²) >= 11 is 1.76. The fourth-order valence-electron chi connectivity index (χ4n) is 1.74. The van der Waals surface area contributed by atoms with Gasteiger partial charge >= 0.3 is 0 Å². The van der Waals surface area contributed by atoms with Gasteiger partial charge in [0.05, 0.1) is 0 Å². The normalized spacial score (nSPS) is 10.3. The Labute approximate surface area is 111 Å². The van der Waals surface area contributed by atoms with Crippen molar-refractivity contribution in [3.63, 3.8) is 0 Å². The third kappa shape index (κ3) is 3.11. The number of thiophene rings is 1. The summed E-state index contributed by atoms with van der Waals surface area (Å²) in [5.74, 6) is -0.392. The van der Waals surface area contributed by atoms with Gasteiger partial charge in [-0.3, -0.25) is 4.79 Å². The molecule has 1 aromatic heterocycles. The highest BCUT2D eigenvalue weighted by Gasteiger charge is 2.04. The fraction of sp³-hybridized carbons (Fsp3) is 0.214. The molecule has 0 fully saturated rings. The van der Waals surface area contributed by atoms with Gasteiger partial charge in [0.15, 0.2) is 0 Å². The quantitative estimate of drug-likeness (QED) is 0.868. The molecular formula is C14H16N2OS. The molecule has 0 aliphatic rings. The van der Waals surface area contributed by atoms with Crippen molar-refractivity contribution in [1.29, 1.82) is 0 Å². The zero-order valence-electron chi connectivity index (χ0n) is 10.3. The predicted octanol–water partition coefficient (Wildman–Crippen LogP) is 2.81. The third-order valence-electron chi connectivity index (χ3n) is 2.79. The second kappa shape index (κ2) is 5.69. The second-order valence-electron chi connectivity index (χ2n) is 4.15. The first-order chi connectivity index (χ1) is 8.66. The third-order valence-corrected chi connectivity index (χ3v) is 3.73. The number of hydrogen-bond acceptors (Lipinski definition) is 3. The van der Waals surface area contributed by atoms with Gasteiger partial charge in [-0.25, -0.2) is 0 Å². The van der Waals surface area contributed by atoms with E-state index in [-0.39, 0.29) is 0 Å². The average molecular weight is 260 g/mol. The highest BCUT2D eigenvalue weighted by molar-refractivity contribution is 7.09. The van der Waals surface area contributed by atoms with E-state index in [9.17, 15) is 4.79 Å². The van der Waals surface area contributed by atoms with E-state index in [2.05, 4.69) is 22.8 Å². The zero-order chi connectivity index (χ0) is 13.0. The Kier molecular flexibility index (Phi) is 3.99. The first kappa shape index (κ1) is 12.6. The van der Waals surface area contributed by atoms with Gasteiger partial charge in [-0.15, -0.1) is 11.3 Å². The molecule has 2 aromatic rings. The maximum absolute atomic E-state index is 11.1. The molecule has 0 aliphatic carbocycles. The van der Waals surface area contributed by atoms with Gasteiger partial charge in [-0.1, -0.05) is 12.1 Å². The summed E-state index contributed by atoms with van der Waals surface area (Å²) in [4.78, 5) is 12.5. The van der Waals surface area contributed by atoms with Crippen molar-refractivity contribution in [2.24, 2.45) is 5.73 Å². The van der Waals surface area contributed by atoms with E-state index < -0.39 is 5.91 Å². The summed E-state index contributed by atoms with van der Waals surface area (Å²) < 4.78 is 0. The molecule has 1 aromatic carbocycles. The molecule has 1 amide bonds. The Morgan fingerprint density at radius 1 is 1.39 bits per heavy atom. The Hall–Kier alpha value is -1.81. The number of nitrogens with two attached hydrogens (primary N) is 1. The molecule has 0 aliphatic heterocycles. The summed E-state index contributed by atoms with van der Waals surface area (Å²) in [6, 6.07) is 9.65. The van der Waals surface area contributed by atoms with Crippen molar-refractivity contribution in [1.82, 2.24) is 0 Å². The fourth-order valence-corrected chi connectivity index (χ4v) is 2.45. The first-order valence-corrected chi connectivity index (χ1v) is 6.71. The monoisotopic (exact) mass is 260 g/mol. The molecule has 0 atom stereocenters. The molecule has 0 saturated heterocycles. The number of primary amides is 1. The van der Waals surface area contributed by atoms with Crippen LogP contribution < -0.4 is 11.1 Å². The van der Waals surface area contributed by atoms with Gasteiger partial charge in [0.1, 0.15) is 0 Å². The summed E-state index contributed by atoms with van der Waals surface area (Å²) in [6.45, 7) is 2.86. The highest BCUT2D eigenvalue weighted by Crippen LogP contribution is 2.17. The number of amides is 1. The number of rotatable bonds is 5. The van der Waals surface area contributed by atoms with E-state index in [1.165, 1.54) is 4.88 Å². The molecule has 0 bridgehead atoms. The van der Waals surface area contributed by atoms with Gasteiger partial charge in [0.25, 0.3) is 0 Å². The molecule has 3 nitrogen and oxygen atoms in total. The van der Waals surface area contributed by atoms with Crippen LogP contribution in [-0.4, -0.2) is 12.5 Å². The van der Waals surface area contributed by atoms with Gasteiger partial charge in [-0.05, 0) is 42.5 Å². The number of nitrogens with one attached hydrogen (secondary N) is 1. The summed E-state index contributed by atoms with van der Waals surface area (Å²) in [5, 5.41) is 5.42. The molecule has 18 heavy (non-hydrogen) atoms. The molecule has 2 rings (SSSR count). The van der Waals surface area contributed by atoms with Crippen LogP contribution in [0.2, 0.25) is 0 Å². The van der Waals surface area contributed by atoms with Gasteiger partial charge in [0, 0.05) is 22.7 Å². The minimum Gasteiger partial charge on any atom is -0.384 e. The Balaban J connectivity index is 2.00. The van der Waals surface area contributed by atoms with Gasteiger partial charge in [0.2, 0.25) is 5.91 Å². The average Bonchev–Trinajstić information content (AvgIpc) is 2.84. The van der Waals surface area contributed by atoms with Crippen molar-refractivity contribution < 1.29 is 4.79 Å². The van der Waals surface area contributed by atoms with E-state index in [0.717, 1.165) is 24.2 Å². The van der Waals surface area contributed by atoms with Crippen molar-refractivity contribution in [3.05, 3.63) is 51.7 Å². The Bertz CT molecular complexity index is 535. The lowest BCUT2D eigenvalue weighted by molar-refractivity contribution is 0.100. The first-order valence-electron chi connectivity index (χ1n) is 5.83. The minimum absolute atomic E-state index is 0.392. The predicted molar refractivity (Wildman–Crippen MR) is 76.2 cm³/mol. The van der Waals surface area contributed by atoms with Crippen molar-refractivity contribution in [3.8, 4) is 0 Å². The Morgan fingerprint density at radius 2 is 2.22 bits per heavy atom. The molecule has 0 unspecified atom stereocenters. The maximum atomic E-state index is 11.1. The molecule has 1 heterocycles. The van der Waals surface area contributed by atoms with Crippen molar-refractivity contribution in [2.45, 2.75) is 13.3 Å². The summed E-state index contributed by atoms with van der Waals surface area (Å²) in [6.07, 6.45) is 0.984. The van der Waals surface area contributed by atoms with Crippen LogP contribution in [0.15, 0.2) is 35.7 Å². The topological polar surface area (TPSA) is 55.1 Å². The molecule has 3 N–H and O–H groups in total. The van der Waals surface area contributed by atoms with Crippen LogP contribution in [0.1, 0.15) is 20.8 Å². The maximum Gasteiger partial charge on any atom is 0.248 e. The Morgan fingerprint density at radius 3 is 2.89 bits per heavy atom. The van der Waals surface area contributed by atoms with Gasteiger partial charge < -0.3 is 11.1 Å². The number of carbonyl (C=O) groups excluding carboxylic acids is 1. The van der Waals surface area contributed by atoms with Crippen LogP contribution in [0.3, 0.4) is 0 Å². The van der Waals surface area contributed by atoms with Crippen LogP contribution >= 0.6 is 11.3 Å².